The lowest BCUT2D eigenvalue weighted by atomic mass is 9.98. The second-order valence-electron chi connectivity index (χ2n) is 8.79. The van der Waals surface area contributed by atoms with Crippen molar-refractivity contribution < 1.29 is 33.0 Å². The summed E-state index contributed by atoms with van der Waals surface area (Å²) in [5, 5.41) is 13.4. The van der Waals surface area contributed by atoms with Gasteiger partial charge in [-0.3, -0.25) is 9.59 Å². The second kappa shape index (κ2) is 12.3. The van der Waals surface area contributed by atoms with Gasteiger partial charge in [0, 0.05) is 18.9 Å². The van der Waals surface area contributed by atoms with Crippen molar-refractivity contribution in [2.24, 2.45) is 5.92 Å². The number of aliphatic carboxylic acids is 1. The largest absolute Gasteiger partial charge is 0.481 e. The van der Waals surface area contributed by atoms with E-state index in [-0.39, 0.29) is 31.4 Å². The van der Waals surface area contributed by atoms with Crippen LogP contribution in [0.25, 0.3) is 11.1 Å². The summed E-state index contributed by atoms with van der Waals surface area (Å²) in [5.41, 5.74) is 4.11. The SMILES string of the molecule is CC(CCNC(=O)CC(NC(=O)OCC1c2ccccc2-c2ccccc21)C(F)F)CCC(=O)O. The van der Waals surface area contributed by atoms with Crippen LogP contribution in [-0.2, 0) is 14.3 Å². The number of nitrogens with one attached hydrogen (secondary N) is 2. The van der Waals surface area contributed by atoms with Crippen LogP contribution in [0, 0.1) is 5.92 Å². The molecule has 1 aliphatic carbocycles. The first kappa shape index (κ1) is 26.1. The van der Waals surface area contributed by atoms with Gasteiger partial charge in [0.1, 0.15) is 12.6 Å². The van der Waals surface area contributed by atoms with Crippen LogP contribution in [0.5, 0.6) is 0 Å². The minimum atomic E-state index is -2.95. The highest BCUT2D eigenvalue weighted by molar-refractivity contribution is 5.79. The first-order valence-electron chi connectivity index (χ1n) is 11.6. The quantitative estimate of drug-likeness (QED) is 0.406. The zero-order chi connectivity index (χ0) is 25.4. The maximum absolute atomic E-state index is 13.5. The molecule has 0 aliphatic heterocycles. The van der Waals surface area contributed by atoms with Crippen molar-refractivity contribution in [3.63, 3.8) is 0 Å². The van der Waals surface area contributed by atoms with Gasteiger partial charge in [0.05, 0.1) is 6.42 Å². The van der Waals surface area contributed by atoms with Gasteiger partial charge in [0.25, 0.3) is 6.43 Å². The lowest BCUT2D eigenvalue weighted by Crippen LogP contribution is -2.44. The molecule has 3 rings (SSSR count). The van der Waals surface area contributed by atoms with Crippen LogP contribution in [-0.4, -0.2) is 48.7 Å². The van der Waals surface area contributed by atoms with Crippen LogP contribution in [0.3, 0.4) is 0 Å². The Balaban J connectivity index is 1.48. The Morgan fingerprint density at radius 3 is 2.17 bits per heavy atom. The Morgan fingerprint density at radius 1 is 1.00 bits per heavy atom. The molecule has 0 bridgehead atoms. The number of carbonyl (C=O) groups excluding carboxylic acids is 2. The second-order valence-corrected chi connectivity index (χ2v) is 8.79. The van der Waals surface area contributed by atoms with Gasteiger partial charge in [-0.05, 0) is 41.0 Å². The highest BCUT2D eigenvalue weighted by atomic mass is 19.3. The van der Waals surface area contributed by atoms with Crippen LogP contribution in [0.15, 0.2) is 48.5 Å². The fraction of sp³-hybridized carbons (Fsp3) is 0.423. The number of halogens is 2. The van der Waals surface area contributed by atoms with Crippen LogP contribution in [0.1, 0.15) is 49.7 Å². The van der Waals surface area contributed by atoms with Crippen LogP contribution >= 0.6 is 0 Å². The van der Waals surface area contributed by atoms with Crippen molar-refractivity contribution in [1.82, 2.24) is 10.6 Å². The standard InChI is InChI=1S/C26H30F2N2O5/c1-16(10-11-24(32)33)12-13-29-23(31)14-22(25(27)28)30-26(34)35-15-21-19-8-4-2-6-17(19)18-7-3-5-9-20(18)21/h2-9,16,21-22,25H,10-15H2,1H3,(H,29,31)(H,30,34)(H,32,33). The number of amides is 2. The van der Waals surface area contributed by atoms with Gasteiger partial charge >= 0.3 is 12.1 Å². The summed E-state index contributed by atoms with van der Waals surface area (Å²) in [7, 11) is 0. The summed E-state index contributed by atoms with van der Waals surface area (Å²) in [6.07, 6.45) is -3.52. The minimum Gasteiger partial charge on any atom is -0.481 e. The molecule has 2 aromatic rings. The molecule has 0 fully saturated rings. The molecule has 9 heteroatoms. The highest BCUT2D eigenvalue weighted by Crippen LogP contribution is 2.44. The molecule has 0 aromatic heterocycles. The Kier molecular flexibility index (Phi) is 9.17. The van der Waals surface area contributed by atoms with E-state index in [1.165, 1.54) is 0 Å². The van der Waals surface area contributed by atoms with E-state index < -0.39 is 36.9 Å². The van der Waals surface area contributed by atoms with Crippen LogP contribution in [0.2, 0.25) is 0 Å². The molecule has 1 aliphatic rings. The Labute approximate surface area is 202 Å². The fourth-order valence-electron chi connectivity index (χ4n) is 4.24. The van der Waals surface area contributed by atoms with E-state index in [0.29, 0.717) is 12.8 Å². The number of carboxylic acid groups (broad SMARTS) is 1. The number of hydrogen-bond donors (Lipinski definition) is 3. The number of alkyl carbamates (subject to hydrolysis) is 1. The van der Waals surface area contributed by atoms with Crippen molar-refractivity contribution in [2.75, 3.05) is 13.2 Å². The van der Waals surface area contributed by atoms with Gasteiger partial charge in [-0.15, -0.1) is 0 Å². The molecular weight excluding hydrogens is 458 g/mol. The van der Waals surface area contributed by atoms with Gasteiger partial charge in [-0.25, -0.2) is 13.6 Å². The van der Waals surface area contributed by atoms with E-state index in [2.05, 4.69) is 10.6 Å². The molecule has 3 N–H and O–H groups in total. The first-order valence-corrected chi connectivity index (χ1v) is 11.6. The van der Waals surface area contributed by atoms with E-state index in [1.54, 1.807) is 0 Å². The maximum atomic E-state index is 13.5. The van der Waals surface area contributed by atoms with Gasteiger partial charge in [-0.1, -0.05) is 55.5 Å². The lowest BCUT2D eigenvalue weighted by Gasteiger charge is -2.19. The zero-order valence-corrected chi connectivity index (χ0v) is 19.5. The number of rotatable bonds is 12. The molecular formula is C26H30F2N2O5. The van der Waals surface area contributed by atoms with Gasteiger partial charge in [0.15, 0.2) is 0 Å². The lowest BCUT2D eigenvalue weighted by molar-refractivity contribution is -0.137. The molecule has 0 saturated heterocycles. The molecule has 0 radical (unpaired) electrons. The summed E-state index contributed by atoms with van der Waals surface area (Å²) in [4.78, 5) is 35.0. The summed E-state index contributed by atoms with van der Waals surface area (Å²) < 4.78 is 32.2. The third-order valence-corrected chi connectivity index (χ3v) is 6.17. The number of alkyl halides is 2. The summed E-state index contributed by atoms with van der Waals surface area (Å²) in [5.74, 6) is -1.65. The third-order valence-electron chi connectivity index (χ3n) is 6.17. The normalized spacial score (nSPS) is 14.1. The topological polar surface area (TPSA) is 105 Å². The molecule has 2 aromatic carbocycles. The number of carbonyl (C=O) groups is 3. The number of ether oxygens (including phenoxy) is 1. The number of hydrogen-bond acceptors (Lipinski definition) is 4. The molecule has 188 valence electrons. The van der Waals surface area contributed by atoms with E-state index in [9.17, 15) is 23.2 Å². The maximum Gasteiger partial charge on any atom is 0.407 e. The summed E-state index contributed by atoms with van der Waals surface area (Å²) >= 11 is 0. The third kappa shape index (κ3) is 7.24. The van der Waals surface area contributed by atoms with Crippen LogP contribution < -0.4 is 10.6 Å². The average molecular weight is 489 g/mol. The summed E-state index contributed by atoms with van der Waals surface area (Å²) in [6.45, 7) is 2.08. The summed E-state index contributed by atoms with van der Waals surface area (Å²) in [6, 6.07) is 13.9. The fourth-order valence-corrected chi connectivity index (χ4v) is 4.24. The number of carboxylic acids is 1. The zero-order valence-electron chi connectivity index (χ0n) is 19.5. The molecule has 0 spiro atoms. The number of benzene rings is 2. The highest BCUT2D eigenvalue weighted by Gasteiger charge is 2.30. The van der Waals surface area contributed by atoms with Gasteiger partial charge in [0.2, 0.25) is 5.91 Å². The Hall–Kier alpha value is -3.49. The van der Waals surface area contributed by atoms with Crippen LogP contribution in [0.4, 0.5) is 13.6 Å². The van der Waals surface area contributed by atoms with Crippen molar-refractivity contribution >= 4 is 18.0 Å². The van der Waals surface area contributed by atoms with E-state index in [0.717, 1.165) is 22.3 Å². The molecule has 0 heterocycles. The van der Waals surface area contributed by atoms with E-state index in [1.807, 2.05) is 55.5 Å². The number of fused-ring (bicyclic) bond motifs is 3. The van der Waals surface area contributed by atoms with E-state index in [4.69, 9.17) is 9.84 Å². The Bertz CT molecular complexity index is 1000. The average Bonchev–Trinajstić information content (AvgIpc) is 3.14. The monoisotopic (exact) mass is 488 g/mol. The molecule has 2 atom stereocenters. The molecule has 35 heavy (non-hydrogen) atoms. The molecule has 2 amide bonds. The predicted molar refractivity (Wildman–Crippen MR) is 126 cm³/mol. The van der Waals surface area contributed by atoms with Crippen molar-refractivity contribution in [3.8, 4) is 11.1 Å². The van der Waals surface area contributed by atoms with Gasteiger partial charge in [-0.2, -0.15) is 0 Å². The molecule has 7 nitrogen and oxygen atoms in total. The van der Waals surface area contributed by atoms with Crippen molar-refractivity contribution in [1.29, 1.82) is 0 Å². The van der Waals surface area contributed by atoms with Gasteiger partial charge < -0.3 is 20.5 Å². The first-order chi connectivity index (χ1) is 16.8. The minimum absolute atomic E-state index is 0.0176. The Morgan fingerprint density at radius 2 is 1.60 bits per heavy atom. The smallest absolute Gasteiger partial charge is 0.407 e. The molecule has 0 saturated carbocycles. The van der Waals surface area contributed by atoms with Crippen molar-refractivity contribution in [3.05, 3.63) is 59.7 Å². The van der Waals surface area contributed by atoms with E-state index >= 15 is 0 Å². The predicted octanol–water partition coefficient (Wildman–Crippen LogP) is 4.56. The molecule has 2 unspecified atom stereocenters. The van der Waals surface area contributed by atoms with Crippen molar-refractivity contribution in [2.45, 2.75) is 51.0 Å².